The summed E-state index contributed by atoms with van der Waals surface area (Å²) in [7, 11) is 0. The number of rotatable bonds is 7. The van der Waals surface area contributed by atoms with Crippen molar-refractivity contribution >= 4 is 29.4 Å². The number of amides is 3. The third-order valence-corrected chi connectivity index (χ3v) is 3.61. The summed E-state index contributed by atoms with van der Waals surface area (Å²) in [6.07, 6.45) is 0.689. The molecule has 1 aliphatic rings. The molecule has 1 saturated heterocycles. The van der Waals surface area contributed by atoms with Crippen LogP contribution < -0.4 is 5.32 Å². The Labute approximate surface area is 140 Å². The number of carbonyl (C=O) groups is 4. The number of nitrogens with one attached hydrogen (secondary N) is 1. The largest absolute Gasteiger partial charge is 0.466 e. The number of benzene rings is 1. The Bertz CT molecular complexity index is 623. The van der Waals surface area contributed by atoms with Crippen molar-refractivity contribution in [2.75, 3.05) is 18.5 Å². The van der Waals surface area contributed by atoms with Crippen LogP contribution in [0.15, 0.2) is 24.3 Å². The van der Waals surface area contributed by atoms with E-state index in [0.717, 1.165) is 10.5 Å². The van der Waals surface area contributed by atoms with Crippen LogP contribution in [0.2, 0.25) is 0 Å². The Balaban J connectivity index is 1.80. The minimum absolute atomic E-state index is 0.0576. The van der Waals surface area contributed by atoms with Crippen molar-refractivity contribution in [2.45, 2.75) is 32.6 Å². The van der Waals surface area contributed by atoms with Crippen LogP contribution in [0.3, 0.4) is 0 Å². The van der Waals surface area contributed by atoms with Gasteiger partial charge in [-0.3, -0.25) is 24.1 Å². The zero-order valence-electron chi connectivity index (χ0n) is 13.5. The van der Waals surface area contributed by atoms with Crippen molar-refractivity contribution in [3.63, 3.8) is 0 Å². The van der Waals surface area contributed by atoms with Crippen LogP contribution in [-0.4, -0.2) is 41.7 Å². The van der Waals surface area contributed by atoms with Gasteiger partial charge in [-0.2, -0.15) is 0 Å². The summed E-state index contributed by atoms with van der Waals surface area (Å²) in [5.74, 6) is -1.03. The molecule has 0 spiro atoms. The maximum atomic E-state index is 11.9. The molecule has 1 aromatic rings. The van der Waals surface area contributed by atoms with Crippen molar-refractivity contribution in [3.05, 3.63) is 29.8 Å². The van der Waals surface area contributed by atoms with Gasteiger partial charge < -0.3 is 10.1 Å². The van der Waals surface area contributed by atoms with E-state index in [2.05, 4.69) is 5.32 Å². The van der Waals surface area contributed by atoms with Gasteiger partial charge >= 0.3 is 5.97 Å². The first-order valence-electron chi connectivity index (χ1n) is 7.87. The number of imide groups is 1. The van der Waals surface area contributed by atoms with Crippen LogP contribution in [0.4, 0.5) is 5.69 Å². The highest BCUT2D eigenvalue weighted by Gasteiger charge is 2.28. The van der Waals surface area contributed by atoms with Gasteiger partial charge in [-0.25, -0.2) is 0 Å². The molecule has 0 aliphatic carbocycles. The first-order valence-corrected chi connectivity index (χ1v) is 7.87. The molecule has 0 atom stereocenters. The van der Waals surface area contributed by atoms with E-state index in [1.54, 1.807) is 31.2 Å². The molecule has 0 bridgehead atoms. The molecule has 1 fully saturated rings. The van der Waals surface area contributed by atoms with Gasteiger partial charge in [0.25, 0.3) is 0 Å². The Morgan fingerprint density at radius 1 is 1.12 bits per heavy atom. The lowest BCUT2D eigenvalue weighted by molar-refractivity contribution is -0.142. The standard InChI is InChI=1S/C17H20N2O5/c1-2-24-17(23)11-12-3-5-13(6-4-12)18-14(20)9-10-19-15(21)7-8-16(19)22/h3-6H,2,7-11H2,1H3,(H,18,20). The van der Waals surface area contributed by atoms with Gasteiger partial charge in [0.15, 0.2) is 0 Å². The summed E-state index contributed by atoms with van der Waals surface area (Å²) in [6, 6.07) is 6.86. The van der Waals surface area contributed by atoms with E-state index < -0.39 is 0 Å². The van der Waals surface area contributed by atoms with Crippen LogP contribution >= 0.6 is 0 Å². The second kappa shape index (κ2) is 8.24. The van der Waals surface area contributed by atoms with Crippen molar-refractivity contribution in [2.24, 2.45) is 0 Å². The monoisotopic (exact) mass is 332 g/mol. The molecule has 1 aliphatic heterocycles. The van der Waals surface area contributed by atoms with Crippen LogP contribution in [0.1, 0.15) is 31.7 Å². The molecule has 0 saturated carbocycles. The molecule has 0 unspecified atom stereocenters. The lowest BCUT2D eigenvalue weighted by Gasteiger charge is -2.13. The number of anilines is 1. The predicted octanol–water partition coefficient (Wildman–Crippen LogP) is 1.27. The highest BCUT2D eigenvalue weighted by atomic mass is 16.5. The minimum Gasteiger partial charge on any atom is -0.466 e. The van der Waals surface area contributed by atoms with E-state index in [0.29, 0.717) is 12.3 Å². The first kappa shape index (κ1) is 17.7. The number of carbonyl (C=O) groups excluding carboxylic acids is 4. The summed E-state index contributed by atoms with van der Waals surface area (Å²) >= 11 is 0. The fourth-order valence-electron chi connectivity index (χ4n) is 2.39. The summed E-state index contributed by atoms with van der Waals surface area (Å²) in [5.41, 5.74) is 1.38. The topological polar surface area (TPSA) is 92.8 Å². The predicted molar refractivity (Wildman–Crippen MR) is 86.0 cm³/mol. The van der Waals surface area contributed by atoms with Crippen LogP contribution in [0.25, 0.3) is 0 Å². The Hall–Kier alpha value is -2.70. The molecule has 0 radical (unpaired) electrons. The fourth-order valence-corrected chi connectivity index (χ4v) is 2.39. The average Bonchev–Trinajstić information content (AvgIpc) is 2.86. The Kier molecular flexibility index (Phi) is 6.06. The van der Waals surface area contributed by atoms with E-state index in [9.17, 15) is 19.2 Å². The van der Waals surface area contributed by atoms with Gasteiger partial charge in [0.1, 0.15) is 0 Å². The van der Waals surface area contributed by atoms with Crippen LogP contribution in [0, 0.1) is 0 Å². The molecule has 1 aromatic carbocycles. The maximum Gasteiger partial charge on any atom is 0.310 e. The molecule has 1 heterocycles. The normalized spacial score (nSPS) is 14.0. The van der Waals surface area contributed by atoms with Gasteiger partial charge in [0.05, 0.1) is 13.0 Å². The lowest BCUT2D eigenvalue weighted by atomic mass is 10.1. The van der Waals surface area contributed by atoms with E-state index in [4.69, 9.17) is 4.74 Å². The molecule has 0 aromatic heterocycles. The third-order valence-electron chi connectivity index (χ3n) is 3.61. The Morgan fingerprint density at radius 2 is 1.75 bits per heavy atom. The van der Waals surface area contributed by atoms with Crippen molar-refractivity contribution in [3.8, 4) is 0 Å². The van der Waals surface area contributed by atoms with Gasteiger partial charge in [-0.15, -0.1) is 0 Å². The van der Waals surface area contributed by atoms with Gasteiger partial charge in [0, 0.05) is 31.5 Å². The highest BCUT2D eigenvalue weighted by molar-refractivity contribution is 6.02. The molecule has 3 amide bonds. The molecular formula is C17H20N2O5. The molecule has 7 heteroatoms. The van der Waals surface area contributed by atoms with Gasteiger partial charge in [-0.05, 0) is 24.6 Å². The summed E-state index contributed by atoms with van der Waals surface area (Å²) in [5, 5.41) is 2.70. The van der Waals surface area contributed by atoms with Gasteiger partial charge in [0.2, 0.25) is 17.7 Å². The minimum atomic E-state index is -0.297. The van der Waals surface area contributed by atoms with Crippen molar-refractivity contribution < 1.29 is 23.9 Å². The highest BCUT2D eigenvalue weighted by Crippen LogP contribution is 2.13. The first-order chi connectivity index (χ1) is 11.5. The van der Waals surface area contributed by atoms with Gasteiger partial charge in [-0.1, -0.05) is 12.1 Å². The van der Waals surface area contributed by atoms with Crippen molar-refractivity contribution in [1.29, 1.82) is 0 Å². The van der Waals surface area contributed by atoms with E-state index in [1.165, 1.54) is 0 Å². The zero-order chi connectivity index (χ0) is 17.5. The zero-order valence-corrected chi connectivity index (χ0v) is 13.5. The fraction of sp³-hybridized carbons (Fsp3) is 0.412. The molecule has 2 rings (SSSR count). The number of esters is 1. The molecular weight excluding hydrogens is 312 g/mol. The second-order valence-electron chi connectivity index (χ2n) is 5.42. The van der Waals surface area contributed by atoms with E-state index in [-0.39, 0.29) is 55.9 Å². The van der Waals surface area contributed by atoms with E-state index in [1.807, 2.05) is 0 Å². The van der Waals surface area contributed by atoms with E-state index >= 15 is 0 Å². The SMILES string of the molecule is CCOC(=O)Cc1ccc(NC(=O)CCN2C(=O)CCC2=O)cc1. The summed E-state index contributed by atoms with van der Waals surface area (Å²) in [6.45, 7) is 2.19. The summed E-state index contributed by atoms with van der Waals surface area (Å²) < 4.78 is 4.87. The second-order valence-corrected chi connectivity index (χ2v) is 5.42. The quantitative estimate of drug-likeness (QED) is 0.599. The van der Waals surface area contributed by atoms with Crippen molar-refractivity contribution in [1.82, 2.24) is 4.90 Å². The molecule has 7 nitrogen and oxygen atoms in total. The van der Waals surface area contributed by atoms with Crippen LogP contribution in [-0.2, 0) is 30.3 Å². The number of ether oxygens (including phenoxy) is 1. The third kappa shape index (κ3) is 4.91. The number of nitrogens with zero attached hydrogens (tertiary/aromatic N) is 1. The molecule has 128 valence electrons. The molecule has 24 heavy (non-hydrogen) atoms. The number of hydrogen-bond acceptors (Lipinski definition) is 5. The summed E-state index contributed by atoms with van der Waals surface area (Å²) in [4.78, 5) is 47.3. The smallest absolute Gasteiger partial charge is 0.310 e. The number of hydrogen-bond donors (Lipinski definition) is 1. The maximum absolute atomic E-state index is 11.9. The Morgan fingerprint density at radius 3 is 2.33 bits per heavy atom. The van der Waals surface area contributed by atoms with Crippen LogP contribution in [0.5, 0.6) is 0 Å². The average molecular weight is 332 g/mol. The molecule has 1 N–H and O–H groups in total. The lowest BCUT2D eigenvalue weighted by Crippen LogP contribution is -2.32. The number of likely N-dealkylation sites (tertiary alicyclic amines) is 1.